The summed E-state index contributed by atoms with van der Waals surface area (Å²) >= 11 is 4.81. The van der Waals surface area contributed by atoms with Crippen molar-refractivity contribution in [2.24, 2.45) is 10.8 Å². The molecule has 0 saturated heterocycles. The molecular formula is C9H12N4S. The Morgan fingerprint density at radius 2 is 2.57 bits per heavy atom. The van der Waals surface area contributed by atoms with E-state index in [1.165, 1.54) is 0 Å². The summed E-state index contributed by atoms with van der Waals surface area (Å²) in [5.41, 5.74) is 6.36. The van der Waals surface area contributed by atoms with Gasteiger partial charge in [0.05, 0.1) is 6.21 Å². The van der Waals surface area contributed by atoms with Crippen LogP contribution in [-0.4, -0.2) is 27.9 Å². The maximum Gasteiger partial charge on any atom is 0.186 e. The first-order chi connectivity index (χ1) is 6.74. The molecule has 74 valence electrons. The Labute approximate surface area is 88.4 Å². The fourth-order valence-corrected chi connectivity index (χ4v) is 1.06. The summed E-state index contributed by atoms with van der Waals surface area (Å²) < 4.78 is 0. The zero-order valence-electron chi connectivity index (χ0n) is 7.92. The lowest BCUT2D eigenvalue weighted by atomic mass is 10.3. The number of thiocarbonyl (C=S) groups is 1. The van der Waals surface area contributed by atoms with Crippen molar-refractivity contribution in [3.05, 3.63) is 30.1 Å². The van der Waals surface area contributed by atoms with Gasteiger partial charge in [-0.05, 0) is 25.2 Å². The molecular weight excluding hydrogens is 196 g/mol. The number of rotatable bonds is 3. The Kier molecular flexibility index (Phi) is 4.00. The molecule has 2 N–H and O–H groups in total. The minimum Gasteiger partial charge on any atom is -0.375 e. The summed E-state index contributed by atoms with van der Waals surface area (Å²) in [5.74, 6) is 0. The Balaban J connectivity index is 2.67. The van der Waals surface area contributed by atoms with E-state index >= 15 is 0 Å². The van der Waals surface area contributed by atoms with Crippen LogP contribution < -0.4 is 5.73 Å². The van der Waals surface area contributed by atoms with E-state index in [0.717, 1.165) is 5.56 Å². The highest BCUT2D eigenvalue weighted by atomic mass is 32.1. The predicted molar refractivity (Wildman–Crippen MR) is 61.0 cm³/mol. The van der Waals surface area contributed by atoms with E-state index in [1.807, 2.05) is 19.1 Å². The van der Waals surface area contributed by atoms with Crippen LogP contribution in [0.15, 0.2) is 29.6 Å². The summed E-state index contributed by atoms with van der Waals surface area (Å²) in [7, 11) is 0. The van der Waals surface area contributed by atoms with Gasteiger partial charge in [0.15, 0.2) is 5.11 Å². The molecule has 0 spiro atoms. The van der Waals surface area contributed by atoms with Crippen LogP contribution in [0.3, 0.4) is 0 Å². The van der Waals surface area contributed by atoms with E-state index < -0.39 is 0 Å². The molecule has 0 bridgehead atoms. The number of nitrogens with two attached hydrogens (primary N) is 1. The summed E-state index contributed by atoms with van der Waals surface area (Å²) in [6.45, 7) is 2.59. The fraction of sp³-hybridized carbons (Fsp3) is 0.222. The Bertz CT molecular complexity index is 323. The van der Waals surface area contributed by atoms with Gasteiger partial charge in [0.25, 0.3) is 0 Å². The SMILES string of the molecule is CCN(N=Cc1cccnc1)C(N)=S. The third-order valence-corrected chi connectivity index (χ3v) is 1.80. The number of pyridine rings is 1. The van der Waals surface area contributed by atoms with Crippen LogP contribution >= 0.6 is 12.2 Å². The van der Waals surface area contributed by atoms with E-state index in [4.69, 9.17) is 18.0 Å². The van der Waals surface area contributed by atoms with Gasteiger partial charge >= 0.3 is 0 Å². The zero-order valence-corrected chi connectivity index (χ0v) is 8.74. The van der Waals surface area contributed by atoms with Crippen molar-refractivity contribution in [2.75, 3.05) is 6.54 Å². The molecule has 0 amide bonds. The number of hydrogen-bond acceptors (Lipinski definition) is 3. The smallest absolute Gasteiger partial charge is 0.186 e. The quantitative estimate of drug-likeness (QED) is 0.457. The lowest BCUT2D eigenvalue weighted by Gasteiger charge is -2.12. The molecule has 4 nitrogen and oxygen atoms in total. The van der Waals surface area contributed by atoms with Crippen molar-refractivity contribution in [2.45, 2.75) is 6.92 Å². The van der Waals surface area contributed by atoms with Crippen LogP contribution in [0.5, 0.6) is 0 Å². The van der Waals surface area contributed by atoms with Gasteiger partial charge in [0, 0.05) is 24.5 Å². The predicted octanol–water partition coefficient (Wildman–Crippen LogP) is 0.981. The summed E-state index contributed by atoms with van der Waals surface area (Å²) in [6, 6.07) is 3.75. The van der Waals surface area contributed by atoms with Crippen molar-refractivity contribution in [1.29, 1.82) is 0 Å². The molecule has 0 aromatic carbocycles. The molecule has 1 aromatic rings. The van der Waals surface area contributed by atoms with E-state index in [-0.39, 0.29) is 5.11 Å². The summed E-state index contributed by atoms with van der Waals surface area (Å²) in [5, 5.41) is 5.93. The molecule has 0 radical (unpaired) electrons. The first kappa shape index (κ1) is 10.6. The first-order valence-electron chi connectivity index (χ1n) is 4.25. The van der Waals surface area contributed by atoms with Crippen molar-refractivity contribution in [1.82, 2.24) is 9.99 Å². The topological polar surface area (TPSA) is 54.5 Å². The van der Waals surface area contributed by atoms with Crippen LogP contribution in [0.2, 0.25) is 0 Å². The summed E-state index contributed by atoms with van der Waals surface area (Å²) in [4.78, 5) is 3.96. The highest BCUT2D eigenvalue weighted by molar-refractivity contribution is 7.80. The lowest BCUT2D eigenvalue weighted by molar-refractivity contribution is 0.477. The Hall–Kier alpha value is -1.49. The molecule has 0 aliphatic heterocycles. The molecule has 1 aromatic heterocycles. The van der Waals surface area contributed by atoms with Gasteiger partial charge in [-0.1, -0.05) is 6.07 Å². The van der Waals surface area contributed by atoms with Gasteiger partial charge in [-0.25, -0.2) is 5.01 Å². The van der Waals surface area contributed by atoms with Gasteiger partial charge in [0.2, 0.25) is 0 Å². The van der Waals surface area contributed by atoms with Crippen LogP contribution in [-0.2, 0) is 0 Å². The monoisotopic (exact) mass is 208 g/mol. The maximum atomic E-state index is 5.44. The molecule has 1 rings (SSSR count). The van der Waals surface area contributed by atoms with Gasteiger partial charge in [-0.3, -0.25) is 4.98 Å². The first-order valence-corrected chi connectivity index (χ1v) is 4.66. The number of aromatic nitrogens is 1. The largest absolute Gasteiger partial charge is 0.375 e. The highest BCUT2D eigenvalue weighted by Crippen LogP contribution is 1.93. The fourth-order valence-electron chi connectivity index (χ4n) is 0.883. The number of nitrogens with zero attached hydrogens (tertiary/aromatic N) is 3. The van der Waals surface area contributed by atoms with Gasteiger partial charge in [-0.2, -0.15) is 5.10 Å². The highest BCUT2D eigenvalue weighted by Gasteiger charge is 1.98. The second-order valence-electron chi connectivity index (χ2n) is 2.58. The molecule has 0 atom stereocenters. The van der Waals surface area contributed by atoms with Crippen LogP contribution in [0.1, 0.15) is 12.5 Å². The zero-order chi connectivity index (χ0) is 10.4. The van der Waals surface area contributed by atoms with Crippen LogP contribution in [0.4, 0.5) is 0 Å². The number of hydrogen-bond donors (Lipinski definition) is 1. The molecule has 14 heavy (non-hydrogen) atoms. The summed E-state index contributed by atoms with van der Waals surface area (Å²) in [6.07, 6.45) is 5.11. The molecule has 0 saturated carbocycles. The third-order valence-electron chi connectivity index (χ3n) is 1.58. The van der Waals surface area contributed by atoms with E-state index in [1.54, 1.807) is 23.6 Å². The van der Waals surface area contributed by atoms with Crippen molar-refractivity contribution in [3.8, 4) is 0 Å². The van der Waals surface area contributed by atoms with Crippen LogP contribution in [0, 0.1) is 0 Å². The molecule has 5 heteroatoms. The van der Waals surface area contributed by atoms with E-state index in [9.17, 15) is 0 Å². The third kappa shape index (κ3) is 3.10. The minimum absolute atomic E-state index is 0.271. The van der Waals surface area contributed by atoms with Gasteiger partial charge < -0.3 is 5.73 Å². The normalized spacial score (nSPS) is 10.4. The van der Waals surface area contributed by atoms with Crippen molar-refractivity contribution >= 4 is 23.5 Å². The molecule has 0 aliphatic carbocycles. The molecule has 0 fully saturated rings. The van der Waals surface area contributed by atoms with Gasteiger partial charge in [0.1, 0.15) is 0 Å². The molecule has 0 unspecified atom stereocenters. The Morgan fingerprint density at radius 3 is 3.07 bits per heavy atom. The minimum atomic E-state index is 0.271. The molecule has 0 aliphatic rings. The van der Waals surface area contributed by atoms with Crippen molar-refractivity contribution in [3.63, 3.8) is 0 Å². The molecule has 1 heterocycles. The lowest BCUT2D eigenvalue weighted by Crippen LogP contribution is -2.30. The second kappa shape index (κ2) is 5.29. The van der Waals surface area contributed by atoms with Gasteiger partial charge in [-0.15, -0.1) is 0 Å². The second-order valence-corrected chi connectivity index (χ2v) is 3.00. The average molecular weight is 208 g/mol. The Morgan fingerprint density at radius 1 is 1.79 bits per heavy atom. The van der Waals surface area contributed by atoms with Crippen LogP contribution in [0.25, 0.3) is 0 Å². The van der Waals surface area contributed by atoms with E-state index in [2.05, 4.69) is 10.1 Å². The average Bonchev–Trinajstić information content (AvgIpc) is 2.20. The maximum absolute atomic E-state index is 5.44. The number of hydrazone groups is 1. The van der Waals surface area contributed by atoms with Crippen molar-refractivity contribution < 1.29 is 0 Å². The van der Waals surface area contributed by atoms with E-state index in [0.29, 0.717) is 6.54 Å². The standard InChI is InChI=1S/C9H12N4S/c1-2-13(9(10)14)12-7-8-4-3-5-11-6-8/h3-7H,2H2,1H3,(H2,10,14).